The summed E-state index contributed by atoms with van der Waals surface area (Å²) in [7, 11) is -3.58. The van der Waals surface area contributed by atoms with E-state index in [0.29, 0.717) is 11.0 Å². The van der Waals surface area contributed by atoms with Crippen LogP contribution in [0.25, 0.3) is 0 Å². The molecular formula is C14H15BrN2O2S2. The Morgan fingerprint density at radius 1 is 1.33 bits per heavy atom. The Hall–Kier alpha value is -0.890. The highest BCUT2D eigenvalue weighted by Gasteiger charge is 2.38. The zero-order valence-corrected chi connectivity index (χ0v) is 14.4. The van der Waals surface area contributed by atoms with Gasteiger partial charge in [0.25, 0.3) is 0 Å². The number of nitrogen functional groups attached to an aromatic ring is 1. The van der Waals surface area contributed by atoms with Gasteiger partial charge < -0.3 is 5.73 Å². The molecule has 0 bridgehead atoms. The maximum atomic E-state index is 12.9. The topological polar surface area (TPSA) is 63.4 Å². The van der Waals surface area contributed by atoms with Crippen LogP contribution in [0.5, 0.6) is 0 Å². The summed E-state index contributed by atoms with van der Waals surface area (Å²) in [6.07, 6.45) is 1.83. The molecule has 0 unspecified atom stereocenters. The fraction of sp³-hybridized carbons (Fsp3) is 0.286. The van der Waals surface area contributed by atoms with Gasteiger partial charge in [0.15, 0.2) is 0 Å². The van der Waals surface area contributed by atoms with Gasteiger partial charge in [0.1, 0.15) is 4.90 Å². The summed E-state index contributed by atoms with van der Waals surface area (Å²) in [5.74, 6) is 0. The Labute approximate surface area is 136 Å². The van der Waals surface area contributed by atoms with E-state index in [4.69, 9.17) is 5.73 Å². The molecule has 7 heteroatoms. The minimum absolute atomic E-state index is 0.0910. The van der Waals surface area contributed by atoms with Crippen molar-refractivity contribution in [3.63, 3.8) is 0 Å². The predicted octanol–water partition coefficient (Wildman–Crippen LogP) is 3.45. The lowest BCUT2D eigenvalue weighted by molar-refractivity contribution is 0.399. The second-order valence-electron chi connectivity index (χ2n) is 5.10. The van der Waals surface area contributed by atoms with E-state index >= 15 is 0 Å². The Bertz CT molecular complexity index is 740. The second-order valence-corrected chi connectivity index (χ2v) is 8.65. The first-order chi connectivity index (χ1) is 9.98. The van der Waals surface area contributed by atoms with Crippen molar-refractivity contribution in [2.45, 2.75) is 30.3 Å². The van der Waals surface area contributed by atoms with Crippen LogP contribution in [0.1, 0.15) is 18.4 Å². The molecule has 0 atom stereocenters. The molecule has 4 nitrogen and oxygen atoms in total. The Morgan fingerprint density at radius 3 is 2.71 bits per heavy atom. The van der Waals surface area contributed by atoms with Gasteiger partial charge in [-0.25, -0.2) is 8.42 Å². The number of anilines is 1. The van der Waals surface area contributed by atoms with E-state index in [1.54, 1.807) is 33.8 Å². The van der Waals surface area contributed by atoms with Crippen LogP contribution in [-0.2, 0) is 16.6 Å². The normalized spacial score (nSPS) is 15.5. The van der Waals surface area contributed by atoms with E-state index in [1.165, 1.54) is 0 Å². The number of benzene rings is 1. The van der Waals surface area contributed by atoms with Crippen molar-refractivity contribution in [3.05, 3.63) is 45.1 Å². The first-order valence-corrected chi connectivity index (χ1v) is 9.74. The molecule has 1 aliphatic rings. The zero-order valence-electron chi connectivity index (χ0n) is 11.2. The van der Waals surface area contributed by atoms with E-state index in [0.717, 1.165) is 18.4 Å². The number of hydrogen-bond donors (Lipinski definition) is 1. The highest BCUT2D eigenvalue weighted by atomic mass is 79.9. The van der Waals surface area contributed by atoms with Gasteiger partial charge in [0, 0.05) is 17.1 Å². The summed E-state index contributed by atoms with van der Waals surface area (Å²) < 4.78 is 28.2. The summed E-state index contributed by atoms with van der Waals surface area (Å²) in [6, 6.07) is 6.99. The first kappa shape index (κ1) is 15.0. The molecule has 1 heterocycles. The lowest BCUT2D eigenvalue weighted by Gasteiger charge is -2.22. The van der Waals surface area contributed by atoms with Crippen molar-refractivity contribution < 1.29 is 8.42 Å². The number of rotatable bonds is 5. The minimum atomic E-state index is -3.58. The Kier molecular flexibility index (Phi) is 4.09. The molecular weight excluding hydrogens is 372 g/mol. The molecule has 2 aromatic rings. The largest absolute Gasteiger partial charge is 0.398 e. The lowest BCUT2D eigenvalue weighted by Crippen LogP contribution is -2.33. The monoisotopic (exact) mass is 386 g/mol. The summed E-state index contributed by atoms with van der Waals surface area (Å²) in [4.78, 5) is 0.180. The molecule has 1 aromatic carbocycles. The third-order valence-electron chi connectivity index (χ3n) is 3.43. The SMILES string of the molecule is Nc1ccc(Br)cc1S(=O)(=O)N(Cc1ccsc1)C1CC1. The zero-order chi connectivity index (χ0) is 15.0. The van der Waals surface area contributed by atoms with Crippen molar-refractivity contribution in [3.8, 4) is 0 Å². The standard InChI is InChI=1S/C14H15BrN2O2S2/c15-11-1-4-13(16)14(7-11)21(18,19)17(12-2-3-12)8-10-5-6-20-9-10/h1,4-7,9,12H,2-3,8,16H2. The van der Waals surface area contributed by atoms with Gasteiger partial charge >= 0.3 is 0 Å². The molecule has 3 rings (SSSR count). The lowest BCUT2D eigenvalue weighted by atomic mass is 10.3. The molecule has 2 N–H and O–H groups in total. The molecule has 1 saturated carbocycles. The van der Waals surface area contributed by atoms with Crippen LogP contribution >= 0.6 is 27.3 Å². The Morgan fingerprint density at radius 2 is 2.10 bits per heavy atom. The van der Waals surface area contributed by atoms with Crippen LogP contribution in [0.3, 0.4) is 0 Å². The predicted molar refractivity (Wildman–Crippen MR) is 88.6 cm³/mol. The quantitative estimate of drug-likeness (QED) is 0.800. The molecule has 1 fully saturated rings. The van der Waals surface area contributed by atoms with E-state index in [2.05, 4.69) is 15.9 Å². The minimum Gasteiger partial charge on any atom is -0.398 e. The number of hydrogen-bond acceptors (Lipinski definition) is 4. The van der Waals surface area contributed by atoms with Crippen LogP contribution in [0.4, 0.5) is 5.69 Å². The van der Waals surface area contributed by atoms with Crippen molar-refractivity contribution >= 4 is 43.0 Å². The van der Waals surface area contributed by atoms with E-state index in [-0.39, 0.29) is 16.6 Å². The van der Waals surface area contributed by atoms with Crippen LogP contribution in [-0.4, -0.2) is 18.8 Å². The maximum Gasteiger partial charge on any atom is 0.245 e. The van der Waals surface area contributed by atoms with Gasteiger partial charge in [-0.15, -0.1) is 0 Å². The summed E-state index contributed by atoms with van der Waals surface area (Å²) in [6.45, 7) is 0.405. The van der Waals surface area contributed by atoms with Gasteiger partial charge in [-0.05, 0) is 53.4 Å². The van der Waals surface area contributed by atoms with Crippen LogP contribution in [0, 0.1) is 0 Å². The fourth-order valence-corrected chi connectivity index (χ4v) is 5.18. The van der Waals surface area contributed by atoms with Crippen molar-refractivity contribution in [2.75, 3.05) is 5.73 Å². The van der Waals surface area contributed by atoms with Crippen LogP contribution in [0.2, 0.25) is 0 Å². The summed E-state index contributed by atoms with van der Waals surface area (Å²) >= 11 is 4.89. The van der Waals surface area contributed by atoms with Gasteiger partial charge in [0.05, 0.1) is 5.69 Å². The molecule has 1 aromatic heterocycles. The molecule has 1 aliphatic carbocycles. The van der Waals surface area contributed by atoms with Crippen molar-refractivity contribution in [1.82, 2.24) is 4.31 Å². The number of thiophene rings is 1. The summed E-state index contributed by atoms with van der Waals surface area (Å²) in [5.41, 5.74) is 7.19. The second kappa shape index (κ2) is 5.72. The van der Waals surface area contributed by atoms with Crippen molar-refractivity contribution in [2.24, 2.45) is 0 Å². The molecule has 0 aliphatic heterocycles. The van der Waals surface area contributed by atoms with Gasteiger partial charge in [-0.1, -0.05) is 15.9 Å². The van der Waals surface area contributed by atoms with Crippen LogP contribution in [0.15, 0.2) is 44.4 Å². The number of sulfonamides is 1. The van der Waals surface area contributed by atoms with E-state index in [1.807, 2.05) is 16.8 Å². The average Bonchev–Trinajstić information content (AvgIpc) is 3.14. The first-order valence-electron chi connectivity index (χ1n) is 6.56. The molecule has 0 amide bonds. The smallest absolute Gasteiger partial charge is 0.245 e. The van der Waals surface area contributed by atoms with Gasteiger partial charge in [0.2, 0.25) is 10.0 Å². The highest BCUT2D eigenvalue weighted by Crippen LogP contribution is 2.36. The van der Waals surface area contributed by atoms with Gasteiger partial charge in [-0.2, -0.15) is 15.6 Å². The molecule has 112 valence electrons. The van der Waals surface area contributed by atoms with Crippen LogP contribution < -0.4 is 5.73 Å². The maximum absolute atomic E-state index is 12.9. The average molecular weight is 387 g/mol. The third kappa shape index (κ3) is 3.15. The molecule has 0 radical (unpaired) electrons. The molecule has 0 spiro atoms. The fourth-order valence-electron chi connectivity index (χ4n) is 2.19. The number of halogens is 1. The molecule has 0 saturated heterocycles. The number of nitrogens with two attached hydrogens (primary N) is 1. The third-order valence-corrected chi connectivity index (χ3v) is 6.61. The van der Waals surface area contributed by atoms with E-state index in [9.17, 15) is 8.42 Å². The Balaban J connectivity index is 1.99. The number of nitrogens with zero attached hydrogens (tertiary/aromatic N) is 1. The van der Waals surface area contributed by atoms with Crippen molar-refractivity contribution in [1.29, 1.82) is 0 Å². The summed E-state index contributed by atoms with van der Waals surface area (Å²) in [5, 5.41) is 3.94. The van der Waals surface area contributed by atoms with E-state index < -0.39 is 10.0 Å². The highest BCUT2D eigenvalue weighted by molar-refractivity contribution is 9.10. The van der Waals surface area contributed by atoms with Gasteiger partial charge in [-0.3, -0.25) is 0 Å². The molecule has 21 heavy (non-hydrogen) atoms.